The molecule has 1 aliphatic rings. The molecule has 0 bridgehead atoms. The fourth-order valence-corrected chi connectivity index (χ4v) is 2.93. The van der Waals surface area contributed by atoms with Gasteiger partial charge in [-0.15, -0.1) is 0 Å². The van der Waals surface area contributed by atoms with E-state index in [0.29, 0.717) is 12.6 Å². The van der Waals surface area contributed by atoms with Gasteiger partial charge < -0.3 is 10.5 Å². The van der Waals surface area contributed by atoms with Gasteiger partial charge in [0.2, 0.25) is 0 Å². The number of hydrogen-bond acceptors (Lipinski definition) is 2. The first-order valence-corrected chi connectivity index (χ1v) is 7.23. The van der Waals surface area contributed by atoms with Crippen LogP contribution in [0.1, 0.15) is 38.2 Å². The molecule has 0 atom stereocenters. The highest BCUT2D eigenvalue weighted by Crippen LogP contribution is 2.30. The maximum absolute atomic E-state index is 6.20. The van der Waals surface area contributed by atoms with Gasteiger partial charge in [-0.3, -0.25) is 0 Å². The maximum atomic E-state index is 6.20. The van der Waals surface area contributed by atoms with Crippen LogP contribution in [0.15, 0.2) is 18.2 Å². The number of ether oxygens (including phenoxy) is 1. The van der Waals surface area contributed by atoms with E-state index >= 15 is 0 Å². The van der Waals surface area contributed by atoms with E-state index < -0.39 is 0 Å². The van der Waals surface area contributed by atoms with Crippen LogP contribution in [0.5, 0.6) is 5.75 Å². The SMILES string of the molecule is CCOc1ccc(CC2CCC(N)CC2)cc1Cl. The van der Waals surface area contributed by atoms with Crippen LogP contribution in [0, 0.1) is 5.92 Å². The highest BCUT2D eigenvalue weighted by Gasteiger charge is 2.19. The van der Waals surface area contributed by atoms with Gasteiger partial charge in [0.25, 0.3) is 0 Å². The molecule has 0 radical (unpaired) electrons. The molecule has 0 aromatic heterocycles. The Morgan fingerprint density at radius 2 is 2.00 bits per heavy atom. The molecule has 0 unspecified atom stereocenters. The van der Waals surface area contributed by atoms with Crippen LogP contribution in [0.4, 0.5) is 0 Å². The highest BCUT2D eigenvalue weighted by molar-refractivity contribution is 6.32. The molecule has 100 valence electrons. The third-order valence-corrected chi connectivity index (χ3v) is 4.01. The first-order valence-electron chi connectivity index (χ1n) is 6.86. The summed E-state index contributed by atoms with van der Waals surface area (Å²) in [6, 6.07) is 6.58. The molecule has 1 aliphatic carbocycles. The van der Waals surface area contributed by atoms with Crippen LogP contribution in [-0.2, 0) is 6.42 Å². The minimum atomic E-state index is 0.421. The average molecular weight is 268 g/mol. The molecule has 2 N–H and O–H groups in total. The second-order valence-electron chi connectivity index (χ2n) is 5.18. The van der Waals surface area contributed by atoms with Gasteiger partial charge in [0.05, 0.1) is 11.6 Å². The third kappa shape index (κ3) is 3.63. The molecular formula is C15H22ClNO. The fourth-order valence-electron chi connectivity index (χ4n) is 2.67. The van der Waals surface area contributed by atoms with Crippen molar-refractivity contribution in [1.29, 1.82) is 0 Å². The molecule has 2 nitrogen and oxygen atoms in total. The van der Waals surface area contributed by atoms with Gasteiger partial charge in [0.1, 0.15) is 5.75 Å². The summed E-state index contributed by atoms with van der Waals surface area (Å²) in [4.78, 5) is 0. The van der Waals surface area contributed by atoms with Crippen molar-refractivity contribution in [2.75, 3.05) is 6.61 Å². The summed E-state index contributed by atoms with van der Waals surface area (Å²) in [5, 5.41) is 0.724. The van der Waals surface area contributed by atoms with Crippen LogP contribution in [0.2, 0.25) is 5.02 Å². The third-order valence-electron chi connectivity index (χ3n) is 3.71. The van der Waals surface area contributed by atoms with E-state index in [2.05, 4.69) is 6.07 Å². The Bertz CT molecular complexity index is 386. The molecule has 0 aliphatic heterocycles. The predicted octanol–water partition coefficient (Wildman–Crippen LogP) is 3.80. The van der Waals surface area contributed by atoms with Crippen molar-refractivity contribution in [2.24, 2.45) is 11.7 Å². The standard InChI is InChI=1S/C15H22ClNO/c1-2-18-15-8-5-12(10-14(15)16)9-11-3-6-13(17)7-4-11/h5,8,10-11,13H,2-4,6-7,9,17H2,1H3. The number of rotatable bonds is 4. The van der Waals surface area contributed by atoms with Crippen molar-refractivity contribution < 1.29 is 4.74 Å². The Morgan fingerprint density at radius 1 is 1.28 bits per heavy atom. The Labute approximate surface area is 114 Å². The molecule has 1 saturated carbocycles. The molecule has 0 heterocycles. The lowest BCUT2D eigenvalue weighted by atomic mass is 9.83. The summed E-state index contributed by atoms with van der Waals surface area (Å²) in [6.45, 7) is 2.62. The van der Waals surface area contributed by atoms with Crippen molar-refractivity contribution in [3.8, 4) is 5.75 Å². The van der Waals surface area contributed by atoms with Crippen LogP contribution in [0.25, 0.3) is 0 Å². The van der Waals surface area contributed by atoms with E-state index in [1.54, 1.807) is 0 Å². The molecule has 0 saturated heterocycles. The summed E-state index contributed by atoms with van der Waals surface area (Å²) in [7, 11) is 0. The van der Waals surface area contributed by atoms with Crippen molar-refractivity contribution >= 4 is 11.6 Å². The zero-order valence-corrected chi connectivity index (χ0v) is 11.7. The predicted molar refractivity (Wildman–Crippen MR) is 76.3 cm³/mol. The summed E-state index contributed by atoms with van der Waals surface area (Å²) in [5.74, 6) is 1.55. The van der Waals surface area contributed by atoms with Crippen molar-refractivity contribution in [3.05, 3.63) is 28.8 Å². The van der Waals surface area contributed by atoms with Gasteiger partial charge in [-0.25, -0.2) is 0 Å². The second kappa shape index (κ2) is 6.44. The smallest absolute Gasteiger partial charge is 0.137 e. The largest absolute Gasteiger partial charge is 0.492 e. The van der Waals surface area contributed by atoms with E-state index in [1.165, 1.54) is 18.4 Å². The number of hydrogen-bond donors (Lipinski definition) is 1. The Hall–Kier alpha value is -0.730. The van der Waals surface area contributed by atoms with Crippen LogP contribution >= 0.6 is 11.6 Å². The molecule has 0 amide bonds. The van der Waals surface area contributed by atoms with Crippen LogP contribution < -0.4 is 10.5 Å². The van der Waals surface area contributed by atoms with E-state index in [-0.39, 0.29) is 0 Å². The summed E-state index contributed by atoms with van der Waals surface area (Å²) in [6.07, 6.45) is 5.92. The minimum absolute atomic E-state index is 0.421. The van der Waals surface area contributed by atoms with Crippen molar-refractivity contribution in [3.63, 3.8) is 0 Å². The quantitative estimate of drug-likeness (QED) is 0.901. The minimum Gasteiger partial charge on any atom is -0.492 e. The molecule has 18 heavy (non-hydrogen) atoms. The summed E-state index contributed by atoms with van der Waals surface area (Å²) < 4.78 is 5.45. The summed E-state index contributed by atoms with van der Waals surface area (Å²) in [5.41, 5.74) is 7.24. The topological polar surface area (TPSA) is 35.2 Å². The van der Waals surface area contributed by atoms with Crippen LogP contribution in [0.3, 0.4) is 0 Å². The van der Waals surface area contributed by atoms with Crippen molar-refractivity contribution in [1.82, 2.24) is 0 Å². The van der Waals surface area contributed by atoms with Crippen molar-refractivity contribution in [2.45, 2.75) is 45.1 Å². The lowest BCUT2D eigenvalue weighted by Gasteiger charge is -2.26. The molecular weight excluding hydrogens is 246 g/mol. The normalized spacial score (nSPS) is 23.9. The Morgan fingerprint density at radius 3 is 2.61 bits per heavy atom. The molecule has 1 aromatic rings. The van der Waals surface area contributed by atoms with Gasteiger partial charge >= 0.3 is 0 Å². The zero-order valence-electron chi connectivity index (χ0n) is 11.0. The average Bonchev–Trinajstić information content (AvgIpc) is 2.36. The van der Waals surface area contributed by atoms with Crippen LogP contribution in [-0.4, -0.2) is 12.6 Å². The van der Waals surface area contributed by atoms with Gasteiger partial charge in [-0.2, -0.15) is 0 Å². The van der Waals surface area contributed by atoms with Gasteiger partial charge in [-0.1, -0.05) is 17.7 Å². The Kier molecular flexibility index (Phi) is 4.90. The zero-order chi connectivity index (χ0) is 13.0. The molecule has 1 fully saturated rings. The van der Waals surface area contributed by atoms with E-state index in [1.807, 2.05) is 19.1 Å². The van der Waals surface area contributed by atoms with E-state index in [0.717, 1.165) is 36.0 Å². The van der Waals surface area contributed by atoms with Gasteiger partial charge in [0.15, 0.2) is 0 Å². The molecule has 0 spiro atoms. The van der Waals surface area contributed by atoms with E-state index in [4.69, 9.17) is 22.1 Å². The van der Waals surface area contributed by atoms with Gasteiger partial charge in [0, 0.05) is 6.04 Å². The number of benzene rings is 1. The monoisotopic (exact) mass is 267 g/mol. The first-order chi connectivity index (χ1) is 8.69. The highest BCUT2D eigenvalue weighted by atomic mass is 35.5. The molecule has 2 rings (SSSR count). The molecule has 3 heteroatoms. The lowest BCUT2D eigenvalue weighted by molar-refractivity contribution is 0.324. The number of nitrogens with two attached hydrogens (primary N) is 1. The first kappa shape index (κ1) is 13.7. The number of halogens is 1. The summed E-state index contributed by atoms with van der Waals surface area (Å²) >= 11 is 6.20. The fraction of sp³-hybridized carbons (Fsp3) is 0.600. The maximum Gasteiger partial charge on any atom is 0.137 e. The second-order valence-corrected chi connectivity index (χ2v) is 5.59. The van der Waals surface area contributed by atoms with Gasteiger partial charge in [-0.05, 0) is 62.6 Å². The Balaban J connectivity index is 1.95. The van der Waals surface area contributed by atoms with E-state index in [9.17, 15) is 0 Å². The molecule has 1 aromatic carbocycles. The lowest BCUT2D eigenvalue weighted by Crippen LogP contribution is -2.27.